The average molecular weight is 265 g/mol. The monoisotopic (exact) mass is 265 g/mol. The van der Waals surface area contributed by atoms with Crippen LogP contribution >= 0.6 is 0 Å². The molecule has 1 N–H and O–H groups in total. The van der Waals surface area contributed by atoms with E-state index in [-0.39, 0.29) is 5.91 Å². The van der Waals surface area contributed by atoms with E-state index in [4.69, 9.17) is 0 Å². The van der Waals surface area contributed by atoms with Gasteiger partial charge in [-0.2, -0.15) is 0 Å². The Balaban J connectivity index is 2.09. The first kappa shape index (κ1) is 12.4. The molecule has 0 saturated heterocycles. The van der Waals surface area contributed by atoms with Gasteiger partial charge in [-0.1, -0.05) is 12.1 Å². The van der Waals surface area contributed by atoms with Gasteiger partial charge in [-0.25, -0.2) is 4.98 Å². The summed E-state index contributed by atoms with van der Waals surface area (Å²) in [5.41, 5.74) is 3.82. The van der Waals surface area contributed by atoms with Crippen LogP contribution in [0.1, 0.15) is 10.4 Å². The quantitative estimate of drug-likeness (QED) is 0.774. The van der Waals surface area contributed by atoms with E-state index in [0.29, 0.717) is 5.56 Å². The van der Waals surface area contributed by atoms with Crippen molar-refractivity contribution in [3.8, 4) is 11.1 Å². The van der Waals surface area contributed by atoms with Crippen molar-refractivity contribution in [2.24, 2.45) is 7.05 Å². The van der Waals surface area contributed by atoms with E-state index in [1.807, 2.05) is 54.3 Å². The summed E-state index contributed by atoms with van der Waals surface area (Å²) < 4.78 is 2.00. The van der Waals surface area contributed by atoms with Crippen molar-refractivity contribution in [3.63, 3.8) is 0 Å². The number of amides is 1. The van der Waals surface area contributed by atoms with Gasteiger partial charge in [-0.05, 0) is 35.4 Å². The second-order valence-electron chi connectivity index (χ2n) is 4.68. The third kappa shape index (κ3) is 1.95. The van der Waals surface area contributed by atoms with Crippen molar-refractivity contribution in [2.45, 2.75) is 0 Å². The van der Waals surface area contributed by atoms with E-state index in [0.717, 1.165) is 22.2 Å². The number of nitrogens with zero attached hydrogens (tertiary/aromatic N) is 2. The van der Waals surface area contributed by atoms with Crippen molar-refractivity contribution in [3.05, 3.63) is 54.4 Å². The summed E-state index contributed by atoms with van der Waals surface area (Å²) in [5, 5.41) is 3.73. The van der Waals surface area contributed by atoms with Gasteiger partial charge in [-0.15, -0.1) is 0 Å². The van der Waals surface area contributed by atoms with Gasteiger partial charge in [0.05, 0.1) is 0 Å². The molecule has 4 nitrogen and oxygen atoms in total. The standard InChI is InChI=1S/C16H15N3O/c1-17-16(20)12-5-3-11(4-6-12)13-7-9-18-15-14(13)8-10-19(15)2/h3-10H,1-2H3,(H,17,20). The smallest absolute Gasteiger partial charge is 0.251 e. The molecule has 3 rings (SSSR count). The van der Waals surface area contributed by atoms with Gasteiger partial charge in [0.15, 0.2) is 0 Å². The molecule has 0 bridgehead atoms. The summed E-state index contributed by atoms with van der Waals surface area (Å²) in [6.45, 7) is 0. The summed E-state index contributed by atoms with van der Waals surface area (Å²) in [4.78, 5) is 15.9. The number of aryl methyl sites for hydroxylation is 1. The fourth-order valence-electron chi connectivity index (χ4n) is 2.36. The molecule has 0 atom stereocenters. The van der Waals surface area contributed by atoms with Gasteiger partial charge in [0.1, 0.15) is 5.65 Å². The van der Waals surface area contributed by atoms with Crippen LogP contribution in [0.2, 0.25) is 0 Å². The first-order valence-corrected chi connectivity index (χ1v) is 6.43. The van der Waals surface area contributed by atoms with Crippen LogP contribution in [0, 0.1) is 0 Å². The van der Waals surface area contributed by atoms with Crippen LogP contribution in [-0.2, 0) is 7.05 Å². The third-order valence-electron chi connectivity index (χ3n) is 3.45. The number of nitrogens with one attached hydrogen (secondary N) is 1. The zero-order valence-corrected chi connectivity index (χ0v) is 11.4. The molecule has 0 aliphatic carbocycles. The van der Waals surface area contributed by atoms with E-state index in [1.165, 1.54) is 0 Å². The Kier molecular flexibility index (Phi) is 2.99. The summed E-state index contributed by atoms with van der Waals surface area (Å²) in [7, 11) is 3.61. The number of pyridine rings is 1. The topological polar surface area (TPSA) is 46.9 Å². The Bertz CT molecular complexity index is 772. The van der Waals surface area contributed by atoms with Crippen molar-refractivity contribution in [2.75, 3.05) is 7.05 Å². The van der Waals surface area contributed by atoms with Crippen LogP contribution in [-0.4, -0.2) is 22.5 Å². The van der Waals surface area contributed by atoms with Crippen molar-refractivity contribution in [1.82, 2.24) is 14.9 Å². The maximum Gasteiger partial charge on any atom is 0.251 e. The molecule has 1 aromatic carbocycles. The second kappa shape index (κ2) is 4.81. The Hall–Kier alpha value is -2.62. The maximum absolute atomic E-state index is 11.6. The largest absolute Gasteiger partial charge is 0.355 e. The van der Waals surface area contributed by atoms with Gasteiger partial charge in [0.25, 0.3) is 5.91 Å². The van der Waals surface area contributed by atoms with Gasteiger partial charge in [-0.3, -0.25) is 4.79 Å². The second-order valence-corrected chi connectivity index (χ2v) is 4.68. The molecule has 2 heterocycles. The lowest BCUT2D eigenvalue weighted by molar-refractivity contribution is 0.0963. The summed E-state index contributed by atoms with van der Waals surface area (Å²) in [6.07, 6.45) is 3.81. The molecule has 100 valence electrons. The predicted molar refractivity (Wildman–Crippen MR) is 79.5 cm³/mol. The van der Waals surface area contributed by atoms with Crippen molar-refractivity contribution >= 4 is 16.9 Å². The number of hydrogen-bond donors (Lipinski definition) is 1. The van der Waals surface area contributed by atoms with Crippen LogP contribution in [0.4, 0.5) is 0 Å². The average Bonchev–Trinajstić information content (AvgIpc) is 2.88. The molecule has 0 spiro atoms. The lowest BCUT2D eigenvalue weighted by Crippen LogP contribution is -2.17. The number of carbonyl (C=O) groups excluding carboxylic acids is 1. The molecular formula is C16H15N3O. The van der Waals surface area contributed by atoms with Crippen LogP contribution < -0.4 is 5.32 Å². The molecule has 0 radical (unpaired) electrons. The normalized spacial score (nSPS) is 10.7. The van der Waals surface area contributed by atoms with Gasteiger partial charge in [0.2, 0.25) is 0 Å². The minimum atomic E-state index is -0.0730. The lowest BCUT2D eigenvalue weighted by atomic mass is 10.0. The number of hydrogen-bond acceptors (Lipinski definition) is 2. The zero-order valence-electron chi connectivity index (χ0n) is 11.4. The molecule has 1 amide bonds. The summed E-state index contributed by atoms with van der Waals surface area (Å²) in [6, 6.07) is 11.7. The zero-order chi connectivity index (χ0) is 14.1. The van der Waals surface area contributed by atoms with E-state index in [1.54, 1.807) is 7.05 Å². The van der Waals surface area contributed by atoms with E-state index < -0.39 is 0 Å². The first-order valence-electron chi connectivity index (χ1n) is 6.43. The minimum Gasteiger partial charge on any atom is -0.355 e. The van der Waals surface area contributed by atoms with Crippen LogP contribution in [0.15, 0.2) is 48.8 Å². The number of carbonyl (C=O) groups is 1. The molecule has 4 heteroatoms. The fraction of sp³-hybridized carbons (Fsp3) is 0.125. The fourth-order valence-corrected chi connectivity index (χ4v) is 2.36. The highest BCUT2D eigenvalue weighted by Crippen LogP contribution is 2.27. The molecule has 20 heavy (non-hydrogen) atoms. The predicted octanol–water partition coefficient (Wildman–Crippen LogP) is 2.60. The first-order chi connectivity index (χ1) is 9.70. The highest BCUT2D eigenvalue weighted by atomic mass is 16.1. The highest BCUT2D eigenvalue weighted by Gasteiger charge is 2.08. The number of rotatable bonds is 2. The summed E-state index contributed by atoms with van der Waals surface area (Å²) >= 11 is 0. The Morgan fingerprint density at radius 3 is 2.60 bits per heavy atom. The number of aromatic nitrogens is 2. The maximum atomic E-state index is 11.6. The van der Waals surface area contributed by atoms with Crippen molar-refractivity contribution in [1.29, 1.82) is 0 Å². The van der Waals surface area contributed by atoms with E-state index in [2.05, 4.69) is 16.4 Å². The van der Waals surface area contributed by atoms with E-state index in [9.17, 15) is 4.79 Å². The summed E-state index contributed by atoms with van der Waals surface area (Å²) in [5.74, 6) is -0.0730. The molecule has 3 aromatic rings. The molecule has 0 aliphatic heterocycles. The Labute approximate surface area is 117 Å². The van der Waals surface area contributed by atoms with Crippen molar-refractivity contribution < 1.29 is 4.79 Å². The Morgan fingerprint density at radius 1 is 1.15 bits per heavy atom. The molecule has 2 aromatic heterocycles. The molecule has 0 unspecified atom stereocenters. The molecule has 0 aliphatic rings. The highest BCUT2D eigenvalue weighted by molar-refractivity contribution is 5.96. The Morgan fingerprint density at radius 2 is 1.90 bits per heavy atom. The van der Waals surface area contributed by atoms with Crippen LogP contribution in [0.3, 0.4) is 0 Å². The number of fused-ring (bicyclic) bond motifs is 1. The van der Waals surface area contributed by atoms with Gasteiger partial charge < -0.3 is 9.88 Å². The minimum absolute atomic E-state index is 0.0730. The molecule has 0 fully saturated rings. The number of benzene rings is 1. The van der Waals surface area contributed by atoms with E-state index >= 15 is 0 Å². The van der Waals surface area contributed by atoms with Crippen LogP contribution in [0.5, 0.6) is 0 Å². The SMILES string of the molecule is CNC(=O)c1ccc(-c2ccnc3c2ccn3C)cc1. The lowest BCUT2D eigenvalue weighted by Gasteiger charge is -2.05. The molecule has 0 saturated carbocycles. The van der Waals surface area contributed by atoms with Gasteiger partial charge >= 0.3 is 0 Å². The third-order valence-corrected chi connectivity index (χ3v) is 3.45. The van der Waals surface area contributed by atoms with Gasteiger partial charge in [0, 0.05) is 37.4 Å². The van der Waals surface area contributed by atoms with Crippen LogP contribution in [0.25, 0.3) is 22.2 Å². The molecular weight excluding hydrogens is 250 g/mol.